The zero-order chi connectivity index (χ0) is 22.1. The van der Waals surface area contributed by atoms with E-state index in [4.69, 9.17) is 4.98 Å². The normalized spacial score (nSPS) is 21.4. The highest BCUT2D eigenvalue weighted by molar-refractivity contribution is 5.94. The number of hydrogen-bond donors (Lipinski definition) is 1. The highest BCUT2D eigenvalue weighted by Crippen LogP contribution is 2.34. The van der Waals surface area contributed by atoms with E-state index in [2.05, 4.69) is 9.97 Å². The van der Waals surface area contributed by atoms with Gasteiger partial charge in [0.1, 0.15) is 5.82 Å². The van der Waals surface area contributed by atoms with E-state index in [-0.39, 0.29) is 29.3 Å². The Morgan fingerprint density at radius 2 is 1.75 bits per heavy atom. The number of pyridine rings is 1. The van der Waals surface area contributed by atoms with Crippen molar-refractivity contribution < 1.29 is 9.59 Å². The molecule has 2 aliphatic heterocycles. The third-order valence-electron chi connectivity index (χ3n) is 7.11. The summed E-state index contributed by atoms with van der Waals surface area (Å²) >= 11 is 0. The van der Waals surface area contributed by atoms with Crippen molar-refractivity contribution in [2.75, 3.05) is 13.1 Å². The van der Waals surface area contributed by atoms with Gasteiger partial charge >= 0.3 is 0 Å². The van der Waals surface area contributed by atoms with Gasteiger partial charge in [-0.2, -0.15) is 0 Å². The molecule has 8 nitrogen and oxygen atoms in total. The van der Waals surface area contributed by atoms with E-state index in [0.717, 1.165) is 44.9 Å². The van der Waals surface area contributed by atoms with E-state index in [1.54, 1.807) is 29.4 Å². The van der Waals surface area contributed by atoms with Crippen molar-refractivity contribution in [1.82, 2.24) is 24.8 Å². The Labute approximate surface area is 187 Å². The van der Waals surface area contributed by atoms with Gasteiger partial charge in [-0.25, -0.2) is 4.98 Å². The predicted molar refractivity (Wildman–Crippen MR) is 118 cm³/mol. The van der Waals surface area contributed by atoms with Crippen LogP contribution < -0.4 is 5.56 Å². The van der Waals surface area contributed by atoms with Crippen molar-refractivity contribution in [3.63, 3.8) is 0 Å². The van der Waals surface area contributed by atoms with Crippen molar-refractivity contribution in [3.8, 4) is 0 Å². The van der Waals surface area contributed by atoms with Crippen LogP contribution in [0.15, 0.2) is 29.3 Å². The van der Waals surface area contributed by atoms with Crippen LogP contribution in [0, 0.1) is 5.92 Å². The van der Waals surface area contributed by atoms with Gasteiger partial charge in [-0.15, -0.1) is 0 Å². The quantitative estimate of drug-likeness (QED) is 0.799. The molecule has 1 saturated heterocycles. The number of aromatic nitrogens is 3. The number of carbonyl (C=O) groups excluding carboxylic acids is 2. The van der Waals surface area contributed by atoms with Crippen molar-refractivity contribution in [2.24, 2.45) is 5.92 Å². The van der Waals surface area contributed by atoms with Gasteiger partial charge in [-0.1, -0.05) is 12.8 Å². The SMILES string of the molecule is O=C(c1ccncc1)N1CCc2c(nc([C@H]3CCCCN3C(=O)C3CCCC3)[nH]c2=O)C1. The van der Waals surface area contributed by atoms with Gasteiger partial charge in [0.05, 0.1) is 18.3 Å². The van der Waals surface area contributed by atoms with Gasteiger partial charge in [0.25, 0.3) is 11.5 Å². The average Bonchev–Trinajstić information content (AvgIpc) is 3.38. The first kappa shape index (κ1) is 20.8. The fraction of sp³-hybridized carbons (Fsp3) is 0.542. The predicted octanol–water partition coefficient (Wildman–Crippen LogP) is 2.61. The molecule has 0 unspecified atom stereocenters. The summed E-state index contributed by atoms with van der Waals surface area (Å²) in [5.74, 6) is 0.797. The van der Waals surface area contributed by atoms with Gasteiger partial charge in [0, 0.05) is 42.5 Å². The number of carbonyl (C=O) groups is 2. The summed E-state index contributed by atoms with van der Waals surface area (Å²) in [7, 11) is 0. The molecule has 2 aromatic heterocycles. The molecule has 32 heavy (non-hydrogen) atoms. The molecule has 8 heteroatoms. The number of piperidine rings is 1. The minimum atomic E-state index is -0.193. The number of likely N-dealkylation sites (tertiary alicyclic amines) is 1. The molecule has 1 N–H and O–H groups in total. The van der Waals surface area contributed by atoms with Crippen LogP contribution in [0.3, 0.4) is 0 Å². The lowest BCUT2D eigenvalue weighted by Gasteiger charge is -2.37. The Morgan fingerprint density at radius 1 is 1.00 bits per heavy atom. The van der Waals surface area contributed by atoms with Crippen LogP contribution in [0.25, 0.3) is 0 Å². The summed E-state index contributed by atoms with van der Waals surface area (Å²) in [6.45, 7) is 1.50. The number of H-pyrrole nitrogens is 1. The van der Waals surface area contributed by atoms with E-state index < -0.39 is 0 Å². The minimum Gasteiger partial charge on any atom is -0.332 e. The molecule has 1 aliphatic carbocycles. The molecular weight excluding hydrogens is 406 g/mol. The number of hydrogen-bond acceptors (Lipinski definition) is 5. The fourth-order valence-corrected chi connectivity index (χ4v) is 5.35. The fourth-order valence-electron chi connectivity index (χ4n) is 5.35. The zero-order valence-corrected chi connectivity index (χ0v) is 18.3. The Hall–Kier alpha value is -3.03. The minimum absolute atomic E-state index is 0.0858. The molecular formula is C24H29N5O3. The van der Waals surface area contributed by atoms with Crippen molar-refractivity contribution >= 4 is 11.8 Å². The lowest BCUT2D eigenvalue weighted by atomic mass is 9.97. The molecule has 4 heterocycles. The molecule has 0 bridgehead atoms. The Kier molecular flexibility index (Phi) is 5.76. The molecule has 2 fully saturated rings. The van der Waals surface area contributed by atoms with Gasteiger partial charge in [0.15, 0.2) is 0 Å². The van der Waals surface area contributed by atoms with E-state index in [1.807, 2.05) is 4.90 Å². The average molecular weight is 436 g/mol. The van der Waals surface area contributed by atoms with Crippen LogP contribution in [0.1, 0.15) is 78.4 Å². The zero-order valence-electron chi connectivity index (χ0n) is 18.3. The monoisotopic (exact) mass is 435 g/mol. The summed E-state index contributed by atoms with van der Waals surface area (Å²) in [5.41, 5.74) is 1.74. The second kappa shape index (κ2) is 8.84. The van der Waals surface area contributed by atoms with Crippen LogP contribution in [0.4, 0.5) is 0 Å². The van der Waals surface area contributed by atoms with E-state index in [0.29, 0.717) is 48.7 Å². The maximum Gasteiger partial charge on any atom is 0.254 e. The largest absolute Gasteiger partial charge is 0.332 e. The number of aromatic amines is 1. The van der Waals surface area contributed by atoms with Crippen molar-refractivity contribution in [1.29, 1.82) is 0 Å². The van der Waals surface area contributed by atoms with Gasteiger partial charge < -0.3 is 14.8 Å². The summed E-state index contributed by atoms with van der Waals surface area (Å²) in [4.78, 5) is 54.5. The van der Waals surface area contributed by atoms with E-state index in [9.17, 15) is 14.4 Å². The standard InChI is InChI=1S/C24H29N5O3/c30-22-18-10-14-28(23(31)17-8-11-25-12-9-17)15-19(18)26-21(27-22)20-7-3-4-13-29(20)24(32)16-5-1-2-6-16/h8-9,11-12,16,20H,1-7,10,13-15H2,(H,26,27,30)/t20-/m1/s1. The number of rotatable bonds is 3. The lowest BCUT2D eigenvalue weighted by Crippen LogP contribution is -2.44. The number of nitrogens with one attached hydrogen (secondary N) is 1. The first-order valence-electron chi connectivity index (χ1n) is 11.7. The van der Waals surface area contributed by atoms with Crippen LogP contribution in [-0.4, -0.2) is 49.7 Å². The van der Waals surface area contributed by atoms with E-state index >= 15 is 0 Å². The third kappa shape index (κ3) is 3.94. The smallest absolute Gasteiger partial charge is 0.254 e. The van der Waals surface area contributed by atoms with Gasteiger partial charge in [-0.3, -0.25) is 19.4 Å². The molecule has 5 rings (SSSR count). The lowest BCUT2D eigenvalue weighted by molar-refractivity contribution is -0.139. The maximum absolute atomic E-state index is 13.2. The van der Waals surface area contributed by atoms with E-state index in [1.165, 1.54) is 0 Å². The van der Waals surface area contributed by atoms with Crippen molar-refractivity contribution in [2.45, 2.75) is 64.0 Å². The van der Waals surface area contributed by atoms with Gasteiger partial charge in [-0.05, 0) is 50.7 Å². The molecule has 0 spiro atoms. The van der Waals surface area contributed by atoms with Crippen LogP contribution >= 0.6 is 0 Å². The maximum atomic E-state index is 13.2. The Balaban J connectivity index is 1.41. The Morgan fingerprint density at radius 3 is 2.53 bits per heavy atom. The van der Waals surface area contributed by atoms with Crippen LogP contribution in [0.5, 0.6) is 0 Å². The molecule has 2 amide bonds. The number of fused-ring (bicyclic) bond motifs is 1. The molecule has 2 aromatic rings. The number of amides is 2. The first-order chi connectivity index (χ1) is 15.6. The molecule has 3 aliphatic rings. The molecule has 1 saturated carbocycles. The summed E-state index contributed by atoms with van der Waals surface area (Å²) < 4.78 is 0. The Bertz CT molecular complexity index is 1060. The highest BCUT2D eigenvalue weighted by atomic mass is 16.2. The summed E-state index contributed by atoms with van der Waals surface area (Å²) in [5, 5.41) is 0. The highest BCUT2D eigenvalue weighted by Gasteiger charge is 2.35. The topological polar surface area (TPSA) is 99.3 Å². The summed E-state index contributed by atoms with van der Waals surface area (Å²) in [6, 6.07) is 3.20. The van der Waals surface area contributed by atoms with Crippen molar-refractivity contribution in [3.05, 3.63) is 57.5 Å². The number of nitrogens with zero attached hydrogens (tertiary/aromatic N) is 4. The first-order valence-corrected chi connectivity index (χ1v) is 11.7. The second-order valence-corrected chi connectivity index (χ2v) is 9.11. The van der Waals surface area contributed by atoms with Gasteiger partial charge in [0.2, 0.25) is 5.91 Å². The second-order valence-electron chi connectivity index (χ2n) is 9.11. The molecule has 1 atom stereocenters. The molecule has 168 valence electrons. The van der Waals surface area contributed by atoms with Crippen LogP contribution in [-0.2, 0) is 17.8 Å². The van der Waals surface area contributed by atoms with Crippen LogP contribution in [0.2, 0.25) is 0 Å². The molecule has 0 radical (unpaired) electrons. The summed E-state index contributed by atoms with van der Waals surface area (Å²) in [6.07, 6.45) is 10.6. The molecule has 0 aromatic carbocycles. The third-order valence-corrected chi connectivity index (χ3v) is 7.11.